The zero-order chi connectivity index (χ0) is 13.5. The van der Waals surface area contributed by atoms with Crippen LogP contribution in [0.25, 0.3) is 0 Å². The van der Waals surface area contributed by atoms with E-state index in [0.717, 1.165) is 11.3 Å². The van der Waals surface area contributed by atoms with Crippen LogP contribution in [0, 0.1) is 0 Å². The van der Waals surface area contributed by atoms with Crippen LogP contribution < -0.4 is 0 Å². The van der Waals surface area contributed by atoms with Gasteiger partial charge in [0.2, 0.25) is 0 Å². The van der Waals surface area contributed by atoms with Crippen LogP contribution in [0.2, 0.25) is 0 Å². The highest BCUT2D eigenvalue weighted by molar-refractivity contribution is 8.00. The Bertz CT molecular complexity index is 414. The van der Waals surface area contributed by atoms with Gasteiger partial charge in [-0.05, 0) is 24.1 Å². The first-order valence-corrected chi connectivity index (χ1v) is 6.61. The van der Waals surface area contributed by atoms with Crippen LogP contribution in [0.1, 0.15) is 25.3 Å². The van der Waals surface area contributed by atoms with Crippen molar-refractivity contribution < 1.29 is 19.8 Å². The number of thioether (sulfide) groups is 1. The Hall–Kier alpha value is -1.49. The van der Waals surface area contributed by atoms with E-state index in [1.807, 2.05) is 6.92 Å². The predicted octanol–water partition coefficient (Wildman–Crippen LogP) is 2.66. The molecule has 1 aromatic rings. The third-order valence-corrected chi connectivity index (χ3v) is 3.65. The molecule has 0 aliphatic rings. The molecule has 1 rings (SSSR count). The van der Waals surface area contributed by atoms with Crippen LogP contribution in [-0.2, 0) is 16.0 Å². The number of aliphatic carboxylic acids is 2. The molecule has 0 saturated carbocycles. The van der Waals surface area contributed by atoms with Gasteiger partial charge in [-0.15, -0.1) is 11.8 Å². The lowest BCUT2D eigenvalue weighted by Gasteiger charge is -2.10. The number of carbonyl (C=O) groups is 2. The molecule has 0 heterocycles. The lowest BCUT2D eigenvalue weighted by molar-refractivity contribution is -0.137. The average molecular weight is 268 g/mol. The van der Waals surface area contributed by atoms with E-state index in [1.54, 1.807) is 24.3 Å². The molecule has 4 nitrogen and oxygen atoms in total. The van der Waals surface area contributed by atoms with E-state index in [-0.39, 0.29) is 6.42 Å². The Kier molecular flexibility index (Phi) is 5.71. The summed E-state index contributed by atoms with van der Waals surface area (Å²) in [6.45, 7) is 1.95. The average Bonchev–Trinajstić information content (AvgIpc) is 2.30. The quantitative estimate of drug-likeness (QED) is 0.744. The maximum atomic E-state index is 11.0. The minimum absolute atomic E-state index is 0.0116. The van der Waals surface area contributed by atoms with Crippen molar-refractivity contribution in [2.75, 3.05) is 0 Å². The van der Waals surface area contributed by atoms with E-state index in [4.69, 9.17) is 10.2 Å². The van der Waals surface area contributed by atoms with Gasteiger partial charge in [0.1, 0.15) is 5.25 Å². The fourth-order valence-corrected chi connectivity index (χ4v) is 2.60. The zero-order valence-corrected chi connectivity index (χ0v) is 10.9. The van der Waals surface area contributed by atoms with E-state index < -0.39 is 17.2 Å². The minimum Gasteiger partial charge on any atom is -0.481 e. The fraction of sp³-hybridized carbons (Fsp3) is 0.385. The molecule has 0 fully saturated rings. The number of benzene rings is 1. The lowest BCUT2D eigenvalue weighted by Crippen LogP contribution is -2.15. The van der Waals surface area contributed by atoms with Crippen molar-refractivity contribution in [1.29, 1.82) is 0 Å². The highest BCUT2D eigenvalue weighted by atomic mass is 32.2. The molecular formula is C13H16O4S. The largest absolute Gasteiger partial charge is 0.481 e. The van der Waals surface area contributed by atoms with Crippen LogP contribution in [0.4, 0.5) is 0 Å². The molecule has 0 radical (unpaired) electrons. The van der Waals surface area contributed by atoms with Gasteiger partial charge in [0, 0.05) is 4.90 Å². The molecule has 0 aromatic heterocycles. The topological polar surface area (TPSA) is 74.6 Å². The summed E-state index contributed by atoms with van der Waals surface area (Å²) in [5.41, 5.74) is 0.717. The predicted molar refractivity (Wildman–Crippen MR) is 70.0 cm³/mol. The number of rotatable bonds is 7. The summed E-state index contributed by atoms with van der Waals surface area (Å²) in [6.07, 6.45) is 1.43. The standard InChI is InChI=1S/C13H16O4S/c1-2-3-11(13(16)17)18-10-6-4-9(5-7-10)8-12(14)15/h4-7,11H,2-3,8H2,1H3,(H,14,15)(H,16,17). The molecular weight excluding hydrogens is 252 g/mol. The summed E-state index contributed by atoms with van der Waals surface area (Å²) in [4.78, 5) is 22.4. The Morgan fingerprint density at radius 3 is 2.28 bits per heavy atom. The summed E-state index contributed by atoms with van der Waals surface area (Å²) in [7, 11) is 0. The molecule has 98 valence electrons. The number of carboxylic acid groups (broad SMARTS) is 2. The zero-order valence-electron chi connectivity index (χ0n) is 10.1. The molecule has 0 amide bonds. The first kappa shape index (κ1) is 14.6. The van der Waals surface area contributed by atoms with Crippen molar-refractivity contribution in [2.24, 2.45) is 0 Å². The molecule has 1 aromatic carbocycles. The smallest absolute Gasteiger partial charge is 0.316 e. The third-order valence-electron chi connectivity index (χ3n) is 2.38. The van der Waals surface area contributed by atoms with Gasteiger partial charge in [-0.3, -0.25) is 9.59 Å². The summed E-state index contributed by atoms with van der Waals surface area (Å²) < 4.78 is 0. The first-order valence-electron chi connectivity index (χ1n) is 5.73. The van der Waals surface area contributed by atoms with Crippen LogP contribution in [0.5, 0.6) is 0 Å². The van der Waals surface area contributed by atoms with E-state index in [2.05, 4.69) is 0 Å². The van der Waals surface area contributed by atoms with Gasteiger partial charge in [-0.1, -0.05) is 25.5 Å². The molecule has 0 aliphatic heterocycles. The summed E-state index contributed by atoms with van der Waals surface area (Å²) in [5.74, 6) is -1.68. The maximum absolute atomic E-state index is 11.0. The number of carboxylic acids is 2. The molecule has 2 N–H and O–H groups in total. The van der Waals surface area contributed by atoms with E-state index in [1.165, 1.54) is 11.8 Å². The normalized spacial score (nSPS) is 12.1. The van der Waals surface area contributed by atoms with Crippen LogP contribution in [0.3, 0.4) is 0 Å². The molecule has 0 bridgehead atoms. The minimum atomic E-state index is -0.871. The van der Waals surface area contributed by atoms with Gasteiger partial charge in [0.05, 0.1) is 6.42 Å². The Morgan fingerprint density at radius 1 is 1.22 bits per heavy atom. The SMILES string of the molecule is CCCC(Sc1ccc(CC(=O)O)cc1)C(=O)O. The van der Waals surface area contributed by atoms with E-state index >= 15 is 0 Å². The second-order valence-electron chi connectivity index (χ2n) is 3.95. The second-order valence-corrected chi connectivity index (χ2v) is 5.22. The fourth-order valence-electron chi connectivity index (χ4n) is 1.52. The van der Waals surface area contributed by atoms with Gasteiger partial charge >= 0.3 is 11.9 Å². The molecule has 0 aliphatic carbocycles. The molecule has 18 heavy (non-hydrogen) atoms. The van der Waals surface area contributed by atoms with Gasteiger partial charge < -0.3 is 10.2 Å². The van der Waals surface area contributed by atoms with Crippen molar-refractivity contribution >= 4 is 23.7 Å². The van der Waals surface area contributed by atoms with Crippen molar-refractivity contribution in [1.82, 2.24) is 0 Å². The van der Waals surface area contributed by atoms with E-state index in [9.17, 15) is 9.59 Å². The summed E-state index contributed by atoms with van der Waals surface area (Å²) in [5, 5.41) is 17.2. The number of hydrogen-bond donors (Lipinski definition) is 2. The summed E-state index contributed by atoms with van der Waals surface area (Å²) in [6, 6.07) is 6.99. The Morgan fingerprint density at radius 2 is 1.83 bits per heavy atom. The molecule has 0 spiro atoms. The monoisotopic (exact) mass is 268 g/mol. The van der Waals surface area contributed by atoms with Crippen LogP contribution in [0.15, 0.2) is 29.2 Å². The molecule has 1 atom stereocenters. The summed E-state index contributed by atoms with van der Waals surface area (Å²) >= 11 is 1.30. The van der Waals surface area contributed by atoms with E-state index in [0.29, 0.717) is 12.0 Å². The molecule has 5 heteroatoms. The van der Waals surface area contributed by atoms with Crippen molar-refractivity contribution in [3.05, 3.63) is 29.8 Å². The highest BCUT2D eigenvalue weighted by Crippen LogP contribution is 2.26. The molecule has 1 unspecified atom stereocenters. The first-order chi connectivity index (χ1) is 8.52. The van der Waals surface area contributed by atoms with Gasteiger partial charge in [-0.25, -0.2) is 0 Å². The third kappa shape index (κ3) is 4.79. The van der Waals surface area contributed by atoms with Crippen molar-refractivity contribution in [3.63, 3.8) is 0 Å². The lowest BCUT2D eigenvalue weighted by atomic mass is 10.2. The van der Waals surface area contributed by atoms with Crippen molar-refractivity contribution in [3.8, 4) is 0 Å². The Labute approximate surface area is 110 Å². The highest BCUT2D eigenvalue weighted by Gasteiger charge is 2.17. The van der Waals surface area contributed by atoms with Gasteiger partial charge in [-0.2, -0.15) is 0 Å². The van der Waals surface area contributed by atoms with Crippen molar-refractivity contribution in [2.45, 2.75) is 36.3 Å². The molecule has 0 saturated heterocycles. The second kappa shape index (κ2) is 7.06. The van der Waals surface area contributed by atoms with Gasteiger partial charge in [0.15, 0.2) is 0 Å². The Balaban J connectivity index is 2.67. The number of hydrogen-bond acceptors (Lipinski definition) is 3. The van der Waals surface area contributed by atoms with Crippen LogP contribution >= 0.6 is 11.8 Å². The van der Waals surface area contributed by atoms with Crippen LogP contribution in [-0.4, -0.2) is 27.4 Å². The van der Waals surface area contributed by atoms with Gasteiger partial charge in [0.25, 0.3) is 0 Å². The maximum Gasteiger partial charge on any atom is 0.316 e.